The highest BCUT2D eigenvalue weighted by Gasteiger charge is 2.20. The Balaban J connectivity index is 1.44. The van der Waals surface area contributed by atoms with Crippen LogP contribution in [0.2, 0.25) is 0 Å². The van der Waals surface area contributed by atoms with E-state index in [1.807, 2.05) is 36.4 Å². The van der Waals surface area contributed by atoms with Crippen molar-refractivity contribution >= 4 is 5.69 Å². The quantitative estimate of drug-likeness (QED) is 0.820. The van der Waals surface area contributed by atoms with Crippen molar-refractivity contribution in [3.8, 4) is 6.07 Å². The van der Waals surface area contributed by atoms with Crippen LogP contribution in [0.15, 0.2) is 48.5 Å². The summed E-state index contributed by atoms with van der Waals surface area (Å²) in [5, 5.41) is 8.83. The van der Waals surface area contributed by atoms with E-state index >= 15 is 0 Å². The van der Waals surface area contributed by atoms with Gasteiger partial charge in [0.1, 0.15) is 0 Å². The first-order valence-corrected chi connectivity index (χ1v) is 8.86. The van der Waals surface area contributed by atoms with Crippen LogP contribution in [-0.2, 0) is 17.9 Å². The highest BCUT2D eigenvalue weighted by molar-refractivity contribution is 5.40. The predicted octanol–water partition coefficient (Wildman–Crippen LogP) is 3.57. The number of nitriles is 1. The minimum atomic E-state index is 0.577. The zero-order valence-corrected chi connectivity index (χ0v) is 14.5. The van der Waals surface area contributed by atoms with Gasteiger partial charge in [0.15, 0.2) is 0 Å². The van der Waals surface area contributed by atoms with Gasteiger partial charge in [-0.3, -0.25) is 4.90 Å². The fourth-order valence-electron chi connectivity index (χ4n) is 3.40. The van der Waals surface area contributed by atoms with Gasteiger partial charge in [-0.25, -0.2) is 0 Å². The van der Waals surface area contributed by atoms with Crippen molar-refractivity contribution in [1.82, 2.24) is 4.90 Å². The van der Waals surface area contributed by atoms with Crippen molar-refractivity contribution < 1.29 is 4.74 Å². The molecule has 3 rings (SSSR count). The van der Waals surface area contributed by atoms with Crippen LogP contribution in [0.4, 0.5) is 5.69 Å². The van der Waals surface area contributed by atoms with Crippen LogP contribution in [0.1, 0.15) is 29.5 Å². The molecule has 1 atom stereocenters. The summed E-state index contributed by atoms with van der Waals surface area (Å²) in [6.07, 6.45) is 2.44. The number of benzene rings is 2. The van der Waals surface area contributed by atoms with Crippen LogP contribution in [0.25, 0.3) is 0 Å². The third-order valence-electron chi connectivity index (χ3n) is 4.67. The van der Waals surface area contributed by atoms with Gasteiger partial charge in [-0.15, -0.1) is 0 Å². The summed E-state index contributed by atoms with van der Waals surface area (Å²) in [6, 6.07) is 17.9. The Morgan fingerprint density at radius 3 is 2.76 bits per heavy atom. The highest BCUT2D eigenvalue weighted by Crippen LogP contribution is 2.20. The molecule has 2 N–H and O–H groups in total. The number of rotatable bonds is 6. The van der Waals surface area contributed by atoms with Gasteiger partial charge in [-0.2, -0.15) is 5.26 Å². The van der Waals surface area contributed by atoms with Crippen molar-refractivity contribution in [3.63, 3.8) is 0 Å². The van der Waals surface area contributed by atoms with E-state index in [0.29, 0.717) is 18.1 Å². The lowest BCUT2D eigenvalue weighted by Crippen LogP contribution is -2.36. The number of hydrogen-bond donors (Lipinski definition) is 1. The van der Waals surface area contributed by atoms with Crippen molar-refractivity contribution in [2.24, 2.45) is 5.92 Å². The summed E-state index contributed by atoms with van der Waals surface area (Å²) < 4.78 is 5.92. The first-order valence-electron chi connectivity index (χ1n) is 8.86. The predicted molar refractivity (Wildman–Crippen MR) is 99.7 cm³/mol. The molecule has 1 fully saturated rings. The van der Waals surface area contributed by atoms with E-state index < -0.39 is 0 Å². The summed E-state index contributed by atoms with van der Waals surface area (Å²) >= 11 is 0. The monoisotopic (exact) mass is 335 g/mol. The van der Waals surface area contributed by atoms with E-state index in [1.54, 1.807) is 0 Å². The SMILES string of the molecule is N#Cc1ccc(COCC2CCCN(Cc3cccc(N)c3)C2)cc1. The molecule has 1 heterocycles. The minimum Gasteiger partial charge on any atom is -0.399 e. The van der Waals surface area contributed by atoms with Crippen molar-refractivity contribution in [3.05, 3.63) is 65.2 Å². The molecule has 2 aromatic rings. The summed E-state index contributed by atoms with van der Waals surface area (Å²) in [4.78, 5) is 2.49. The third-order valence-corrected chi connectivity index (χ3v) is 4.67. The van der Waals surface area contributed by atoms with Gasteiger partial charge in [0.05, 0.1) is 24.8 Å². The number of hydrogen-bond acceptors (Lipinski definition) is 4. The average molecular weight is 335 g/mol. The van der Waals surface area contributed by atoms with E-state index in [0.717, 1.165) is 37.5 Å². The zero-order chi connectivity index (χ0) is 17.5. The zero-order valence-electron chi connectivity index (χ0n) is 14.5. The van der Waals surface area contributed by atoms with Crippen LogP contribution in [-0.4, -0.2) is 24.6 Å². The second-order valence-electron chi connectivity index (χ2n) is 6.81. The first kappa shape index (κ1) is 17.5. The van der Waals surface area contributed by atoms with Crippen LogP contribution >= 0.6 is 0 Å². The van der Waals surface area contributed by atoms with Gasteiger partial charge in [0.25, 0.3) is 0 Å². The molecule has 25 heavy (non-hydrogen) atoms. The van der Waals surface area contributed by atoms with E-state index in [9.17, 15) is 0 Å². The number of likely N-dealkylation sites (tertiary alicyclic amines) is 1. The molecular weight excluding hydrogens is 310 g/mol. The minimum absolute atomic E-state index is 0.577. The largest absolute Gasteiger partial charge is 0.399 e. The molecule has 1 aliphatic heterocycles. The van der Waals surface area contributed by atoms with Gasteiger partial charge in [-0.1, -0.05) is 24.3 Å². The molecule has 0 bridgehead atoms. The number of ether oxygens (including phenoxy) is 1. The fraction of sp³-hybridized carbons (Fsp3) is 0.381. The molecule has 130 valence electrons. The molecule has 0 amide bonds. The topological polar surface area (TPSA) is 62.3 Å². The van der Waals surface area contributed by atoms with Crippen LogP contribution in [0.5, 0.6) is 0 Å². The van der Waals surface area contributed by atoms with Gasteiger partial charge in [0.2, 0.25) is 0 Å². The average Bonchev–Trinajstić information content (AvgIpc) is 2.63. The Labute approximate surface area is 149 Å². The third kappa shape index (κ3) is 5.32. The first-order chi connectivity index (χ1) is 12.2. The molecule has 0 aliphatic carbocycles. The number of nitrogens with two attached hydrogens (primary N) is 1. The normalized spacial score (nSPS) is 18.0. The molecule has 4 heteroatoms. The maximum absolute atomic E-state index is 8.83. The Morgan fingerprint density at radius 2 is 2.00 bits per heavy atom. The van der Waals surface area contributed by atoms with E-state index in [1.165, 1.54) is 18.4 Å². The summed E-state index contributed by atoms with van der Waals surface area (Å²) in [7, 11) is 0. The van der Waals surface area contributed by atoms with Gasteiger partial charge < -0.3 is 10.5 Å². The Morgan fingerprint density at radius 1 is 1.16 bits per heavy atom. The maximum atomic E-state index is 8.83. The van der Waals surface area contributed by atoms with E-state index in [2.05, 4.69) is 23.1 Å². The van der Waals surface area contributed by atoms with Crippen molar-refractivity contribution in [1.29, 1.82) is 5.26 Å². The number of nitrogens with zero attached hydrogens (tertiary/aromatic N) is 2. The lowest BCUT2D eigenvalue weighted by atomic mass is 9.98. The van der Waals surface area contributed by atoms with E-state index in [-0.39, 0.29) is 0 Å². The van der Waals surface area contributed by atoms with Crippen molar-refractivity contribution in [2.75, 3.05) is 25.4 Å². The van der Waals surface area contributed by atoms with Crippen LogP contribution in [0, 0.1) is 17.2 Å². The van der Waals surface area contributed by atoms with Crippen LogP contribution < -0.4 is 5.73 Å². The second-order valence-corrected chi connectivity index (χ2v) is 6.81. The number of anilines is 1. The van der Waals surface area contributed by atoms with Gasteiger partial charge in [0, 0.05) is 18.8 Å². The van der Waals surface area contributed by atoms with Crippen molar-refractivity contribution in [2.45, 2.75) is 26.0 Å². The highest BCUT2D eigenvalue weighted by atomic mass is 16.5. The summed E-state index contributed by atoms with van der Waals surface area (Å²) in [6.45, 7) is 4.56. The molecule has 4 nitrogen and oxygen atoms in total. The fourth-order valence-corrected chi connectivity index (χ4v) is 3.40. The van der Waals surface area contributed by atoms with Gasteiger partial charge in [-0.05, 0) is 60.7 Å². The van der Waals surface area contributed by atoms with Gasteiger partial charge >= 0.3 is 0 Å². The number of nitrogen functional groups attached to an aromatic ring is 1. The molecule has 0 radical (unpaired) electrons. The second kappa shape index (κ2) is 8.66. The van der Waals surface area contributed by atoms with E-state index in [4.69, 9.17) is 15.7 Å². The standard InChI is InChI=1S/C21H25N3O/c22-12-17-6-8-18(9-7-17)15-25-16-20-4-2-10-24(14-20)13-19-3-1-5-21(23)11-19/h1,3,5-9,11,20H,2,4,10,13-16,23H2. The Bertz CT molecular complexity index is 721. The lowest BCUT2D eigenvalue weighted by molar-refractivity contribution is 0.0497. The molecule has 1 aliphatic rings. The molecule has 0 spiro atoms. The van der Waals surface area contributed by atoms with Crippen LogP contribution in [0.3, 0.4) is 0 Å². The summed E-state index contributed by atoms with van der Waals surface area (Å²) in [5.41, 5.74) is 9.79. The smallest absolute Gasteiger partial charge is 0.0991 e. The lowest BCUT2D eigenvalue weighted by Gasteiger charge is -2.32. The molecule has 1 saturated heterocycles. The molecule has 1 unspecified atom stereocenters. The molecular formula is C21H25N3O. The molecule has 2 aromatic carbocycles. The maximum Gasteiger partial charge on any atom is 0.0991 e. The molecule has 0 aromatic heterocycles. The number of piperidine rings is 1. The molecule has 0 saturated carbocycles. The Kier molecular flexibility index (Phi) is 6.05. The summed E-state index contributed by atoms with van der Waals surface area (Å²) in [5.74, 6) is 0.577. The Hall–Kier alpha value is -2.35.